The van der Waals surface area contributed by atoms with Crippen LogP contribution in [0.1, 0.15) is 6.92 Å². The summed E-state index contributed by atoms with van der Waals surface area (Å²) in [5.41, 5.74) is 4.43. The molecule has 0 spiro atoms. The minimum Gasteiger partial charge on any atom is -0.326 e. The molecule has 4 rings (SSSR count). The molecule has 0 aliphatic rings. The van der Waals surface area contributed by atoms with Crippen LogP contribution < -0.4 is 10.9 Å². The maximum atomic E-state index is 12.5. The third-order valence-corrected chi connectivity index (χ3v) is 4.04. The summed E-state index contributed by atoms with van der Waals surface area (Å²) in [6.07, 6.45) is 3.43. The Morgan fingerprint density at radius 1 is 1.23 bits per heavy atom. The summed E-state index contributed by atoms with van der Waals surface area (Å²) >= 11 is 0. The van der Waals surface area contributed by atoms with Gasteiger partial charge in [-0.2, -0.15) is 10.2 Å². The zero-order valence-corrected chi connectivity index (χ0v) is 14.2. The van der Waals surface area contributed by atoms with Gasteiger partial charge >= 0.3 is 0 Å². The van der Waals surface area contributed by atoms with Gasteiger partial charge in [0, 0.05) is 37.0 Å². The van der Waals surface area contributed by atoms with Gasteiger partial charge in [-0.1, -0.05) is 12.1 Å². The molecule has 3 N–H and O–H groups in total. The van der Waals surface area contributed by atoms with Crippen molar-refractivity contribution in [2.24, 2.45) is 7.05 Å². The van der Waals surface area contributed by atoms with Gasteiger partial charge in [0.05, 0.1) is 22.8 Å². The number of aryl methyl sites for hydroxylation is 1. The molecule has 3 aromatic heterocycles. The van der Waals surface area contributed by atoms with Gasteiger partial charge in [-0.3, -0.25) is 19.4 Å². The van der Waals surface area contributed by atoms with Gasteiger partial charge in [-0.15, -0.1) is 0 Å². The fraction of sp³-hybridized carbons (Fsp3) is 0.111. The summed E-state index contributed by atoms with van der Waals surface area (Å²) in [5.74, 6) is -0.149. The number of anilines is 1. The van der Waals surface area contributed by atoms with Crippen molar-refractivity contribution < 1.29 is 4.79 Å². The van der Waals surface area contributed by atoms with E-state index in [9.17, 15) is 9.59 Å². The number of carbonyl (C=O) groups excluding carboxylic acids is 1. The standard InChI is InChI=1S/C18H16N6O2/c1-10(25)20-13-5-3-4-11(6-13)16-17-15(22-23-16)7-14(18(26)21-17)12-8-19-24(2)9-12/h3-9H,1-2H3,(H,20,25)(H,21,26)(H,22,23). The minimum absolute atomic E-state index is 0.149. The molecule has 4 aromatic rings. The first-order valence-electron chi connectivity index (χ1n) is 8.00. The Hall–Kier alpha value is -3.68. The normalized spacial score (nSPS) is 11.0. The molecule has 0 saturated carbocycles. The summed E-state index contributed by atoms with van der Waals surface area (Å²) in [6, 6.07) is 9.06. The predicted molar refractivity (Wildman–Crippen MR) is 98.7 cm³/mol. The van der Waals surface area contributed by atoms with Crippen LogP contribution in [0.3, 0.4) is 0 Å². The molecule has 3 heterocycles. The molecular weight excluding hydrogens is 332 g/mol. The summed E-state index contributed by atoms with van der Waals surface area (Å²) in [6.45, 7) is 1.45. The van der Waals surface area contributed by atoms with Crippen molar-refractivity contribution >= 4 is 22.6 Å². The summed E-state index contributed by atoms with van der Waals surface area (Å²) < 4.78 is 1.64. The maximum Gasteiger partial charge on any atom is 0.256 e. The summed E-state index contributed by atoms with van der Waals surface area (Å²) in [5, 5.41) is 14.1. The molecule has 0 saturated heterocycles. The Morgan fingerprint density at radius 2 is 2.08 bits per heavy atom. The van der Waals surface area contributed by atoms with Crippen molar-refractivity contribution in [2.45, 2.75) is 6.92 Å². The lowest BCUT2D eigenvalue weighted by Crippen LogP contribution is -2.08. The van der Waals surface area contributed by atoms with Gasteiger partial charge in [0.25, 0.3) is 5.56 Å². The van der Waals surface area contributed by atoms with Crippen molar-refractivity contribution in [1.29, 1.82) is 0 Å². The lowest BCUT2D eigenvalue weighted by molar-refractivity contribution is -0.114. The summed E-state index contributed by atoms with van der Waals surface area (Å²) in [7, 11) is 1.80. The molecule has 0 unspecified atom stereocenters. The number of amides is 1. The van der Waals surface area contributed by atoms with Crippen LogP contribution in [-0.2, 0) is 11.8 Å². The van der Waals surface area contributed by atoms with E-state index in [-0.39, 0.29) is 11.5 Å². The van der Waals surface area contributed by atoms with Crippen LogP contribution in [0.25, 0.3) is 33.4 Å². The van der Waals surface area contributed by atoms with Crippen LogP contribution in [0.15, 0.2) is 47.5 Å². The van der Waals surface area contributed by atoms with E-state index in [0.29, 0.717) is 28.0 Å². The van der Waals surface area contributed by atoms with E-state index in [4.69, 9.17) is 0 Å². The third kappa shape index (κ3) is 2.77. The van der Waals surface area contributed by atoms with Crippen molar-refractivity contribution in [3.63, 3.8) is 0 Å². The molecule has 0 aliphatic carbocycles. The molecule has 0 bridgehead atoms. The van der Waals surface area contributed by atoms with Gasteiger partial charge < -0.3 is 10.3 Å². The Bertz CT molecular complexity index is 1180. The molecule has 0 atom stereocenters. The third-order valence-electron chi connectivity index (χ3n) is 4.04. The minimum atomic E-state index is -0.217. The van der Waals surface area contributed by atoms with Crippen molar-refractivity contribution in [3.8, 4) is 22.4 Å². The fourth-order valence-corrected chi connectivity index (χ4v) is 2.91. The zero-order valence-electron chi connectivity index (χ0n) is 14.2. The summed E-state index contributed by atoms with van der Waals surface area (Å²) in [4.78, 5) is 26.7. The predicted octanol–water partition coefficient (Wildman–Crippen LogP) is 2.28. The van der Waals surface area contributed by atoms with E-state index in [1.165, 1.54) is 6.92 Å². The molecule has 1 amide bonds. The smallest absolute Gasteiger partial charge is 0.256 e. The van der Waals surface area contributed by atoms with E-state index < -0.39 is 0 Å². The quantitative estimate of drug-likeness (QED) is 0.528. The number of carbonyl (C=O) groups is 1. The molecule has 8 nitrogen and oxygen atoms in total. The van der Waals surface area contributed by atoms with Gasteiger partial charge in [0.1, 0.15) is 5.69 Å². The van der Waals surface area contributed by atoms with E-state index in [1.807, 2.05) is 18.2 Å². The average molecular weight is 348 g/mol. The number of pyridine rings is 1. The number of rotatable bonds is 3. The first-order chi connectivity index (χ1) is 12.5. The van der Waals surface area contributed by atoms with Crippen LogP contribution in [0.2, 0.25) is 0 Å². The number of aromatic amines is 2. The molecule has 8 heteroatoms. The highest BCUT2D eigenvalue weighted by Gasteiger charge is 2.14. The Labute approximate surface area is 147 Å². The first-order valence-corrected chi connectivity index (χ1v) is 8.00. The number of benzene rings is 1. The Kier molecular flexibility index (Phi) is 3.65. The molecule has 1 aromatic carbocycles. The number of fused-ring (bicyclic) bond motifs is 1. The highest BCUT2D eigenvalue weighted by Crippen LogP contribution is 2.27. The second kappa shape index (κ2) is 5.99. The second-order valence-electron chi connectivity index (χ2n) is 6.04. The van der Waals surface area contributed by atoms with E-state index >= 15 is 0 Å². The molecular formula is C18H16N6O2. The molecule has 0 fully saturated rings. The Morgan fingerprint density at radius 3 is 2.81 bits per heavy atom. The zero-order chi connectivity index (χ0) is 18.3. The number of aromatic nitrogens is 5. The number of H-pyrrole nitrogens is 2. The topological polar surface area (TPSA) is 108 Å². The van der Waals surface area contributed by atoms with Crippen molar-refractivity contribution in [3.05, 3.63) is 53.1 Å². The number of nitrogens with one attached hydrogen (secondary N) is 3. The molecule has 26 heavy (non-hydrogen) atoms. The molecule has 130 valence electrons. The highest BCUT2D eigenvalue weighted by molar-refractivity contribution is 5.93. The van der Waals surface area contributed by atoms with Crippen LogP contribution >= 0.6 is 0 Å². The van der Waals surface area contributed by atoms with Crippen LogP contribution in [0.5, 0.6) is 0 Å². The Balaban J connectivity index is 1.82. The lowest BCUT2D eigenvalue weighted by Gasteiger charge is -2.04. The van der Waals surface area contributed by atoms with Gasteiger partial charge in [-0.25, -0.2) is 0 Å². The number of hydrogen-bond acceptors (Lipinski definition) is 4. The van der Waals surface area contributed by atoms with Crippen LogP contribution in [-0.4, -0.2) is 30.9 Å². The van der Waals surface area contributed by atoms with Crippen molar-refractivity contribution in [2.75, 3.05) is 5.32 Å². The largest absolute Gasteiger partial charge is 0.326 e. The molecule has 0 aliphatic heterocycles. The number of nitrogens with zero attached hydrogens (tertiary/aromatic N) is 3. The van der Waals surface area contributed by atoms with Gasteiger partial charge in [0.2, 0.25) is 5.91 Å². The van der Waals surface area contributed by atoms with Gasteiger partial charge in [-0.05, 0) is 18.2 Å². The lowest BCUT2D eigenvalue weighted by atomic mass is 10.1. The van der Waals surface area contributed by atoms with Gasteiger partial charge in [0.15, 0.2) is 0 Å². The van der Waals surface area contributed by atoms with Crippen LogP contribution in [0.4, 0.5) is 5.69 Å². The van der Waals surface area contributed by atoms with Crippen molar-refractivity contribution in [1.82, 2.24) is 25.0 Å². The number of hydrogen-bond donors (Lipinski definition) is 3. The second-order valence-corrected chi connectivity index (χ2v) is 6.04. The maximum absolute atomic E-state index is 12.5. The highest BCUT2D eigenvalue weighted by atomic mass is 16.1. The average Bonchev–Trinajstić information content (AvgIpc) is 3.19. The first kappa shape index (κ1) is 15.8. The molecule has 0 radical (unpaired) electrons. The van der Waals surface area contributed by atoms with E-state index in [1.54, 1.807) is 36.3 Å². The van der Waals surface area contributed by atoms with E-state index in [0.717, 1.165) is 11.1 Å². The fourth-order valence-electron chi connectivity index (χ4n) is 2.91. The monoisotopic (exact) mass is 348 g/mol. The van der Waals surface area contributed by atoms with E-state index in [2.05, 4.69) is 25.6 Å². The van der Waals surface area contributed by atoms with Crippen LogP contribution in [0, 0.1) is 0 Å². The SMILES string of the molecule is CC(=O)Nc1cccc(-c2n[nH]c3cc(-c4cnn(C)c4)c(=O)[nH]c23)c1.